The topological polar surface area (TPSA) is 50.4 Å². The maximum atomic E-state index is 6.18. The SMILES string of the molecule is NC(=NCc1ccccc1)NC12CC3CC(CC(C3)C1)C2. The third-order valence-corrected chi connectivity index (χ3v) is 5.71. The number of aliphatic imine (C=N–C) groups is 1. The first-order chi connectivity index (χ1) is 10.2. The lowest BCUT2D eigenvalue weighted by Crippen LogP contribution is -2.61. The van der Waals surface area contributed by atoms with Crippen molar-refractivity contribution in [3.63, 3.8) is 0 Å². The molecule has 3 N–H and O–H groups in total. The number of nitrogens with zero attached hydrogens (tertiary/aromatic N) is 1. The Kier molecular flexibility index (Phi) is 3.16. The van der Waals surface area contributed by atoms with Gasteiger partial charge in [-0.3, -0.25) is 0 Å². The number of nitrogens with one attached hydrogen (secondary N) is 1. The molecular formula is C18H25N3. The van der Waals surface area contributed by atoms with Crippen molar-refractivity contribution in [2.75, 3.05) is 0 Å². The van der Waals surface area contributed by atoms with E-state index in [9.17, 15) is 0 Å². The molecule has 1 aromatic carbocycles. The van der Waals surface area contributed by atoms with Crippen LogP contribution < -0.4 is 11.1 Å². The summed E-state index contributed by atoms with van der Waals surface area (Å²) in [7, 11) is 0. The highest BCUT2D eigenvalue weighted by molar-refractivity contribution is 5.78. The van der Waals surface area contributed by atoms with Crippen LogP contribution in [0.1, 0.15) is 44.1 Å². The molecule has 0 aliphatic heterocycles. The molecule has 3 nitrogen and oxygen atoms in total. The van der Waals surface area contributed by atoms with Gasteiger partial charge in [-0.15, -0.1) is 0 Å². The quantitative estimate of drug-likeness (QED) is 0.661. The minimum Gasteiger partial charge on any atom is -0.370 e. The first-order valence-electron chi connectivity index (χ1n) is 8.33. The second kappa shape index (κ2) is 5.04. The zero-order chi connectivity index (χ0) is 14.3. The van der Waals surface area contributed by atoms with E-state index in [1.165, 1.54) is 44.1 Å². The van der Waals surface area contributed by atoms with Gasteiger partial charge in [-0.1, -0.05) is 30.3 Å². The van der Waals surface area contributed by atoms with Crippen molar-refractivity contribution in [3.05, 3.63) is 35.9 Å². The highest BCUT2D eigenvalue weighted by Gasteiger charge is 2.51. The van der Waals surface area contributed by atoms with Gasteiger partial charge >= 0.3 is 0 Å². The molecular weight excluding hydrogens is 258 g/mol. The van der Waals surface area contributed by atoms with Crippen molar-refractivity contribution in [2.24, 2.45) is 28.5 Å². The zero-order valence-electron chi connectivity index (χ0n) is 12.6. The van der Waals surface area contributed by atoms with Gasteiger partial charge in [0.2, 0.25) is 0 Å². The number of hydrogen-bond acceptors (Lipinski definition) is 1. The van der Waals surface area contributed by atoms with Crippen LogP contribution in [0.25, 0.3) is 0 Å². The third kappa shape index (κ3) is 2.66. The maximum absolute atomic E-state index is 6.18. The van der Waals surface area contributed by atoms with Gasteiger partial charge in [0.25, 0.3) is 0 Å². The molecule has 1 aromatic rings. The van der Waals surface area contributed by atoms with E-state index >= 15 is 0 Å². The number of guanidine groups is 1. The monoisotopic (exact) mass is 283 g/mol. The summed E-state index contributed by atoms with van der Waals surface area (Å²) in [6, 6.07) is 10.3. The number of hydrogen-bond donors (Lipinski definition) is 2. The van der Waals surface area contributed by atoms with Gasteiger partial charge in [-0.25, -0.2) is 4.99 Å². The van der Waals surface area contributed by atoms with Crippen molar-refractivity contribution in [1.29, 1.82) is 0 Å². The minimum atomic E-state index is 0.263. The predicted octanol–water partition coefficient (Wildman–Crippen LogP) is 3.06. The normalized spacial score (nSPS) is 37.7. The van der Waals surface area contributed by atoms with Gasteiger partial charge in [0, 0.05) is 5.54 Å². The van der Waals surface area contributed by atoms with Gasteiger partial charge < -0.3 is 11.1 Å². The second-order valence-corrected chi connectivity index (χ2v) is 7.51. The van der Waals surface area contributed by atoms with Gasteiger partial charge in [-0.05, 0) is 61.8 Å². The molecule has 0 saturated heterocycles. The molecule has 21 heavy (non-hydrogen) atoms. The van der Waals surface area contributed by atoms with E-state index in [0.29, 0.717) is 12.5 Å². The van der Waals surface area contributed by atoms with Gasteiger partial charge in [0.15, 0.2) is 5.96 Å². The predicted molar refractivity (Wildman–Crippen MR) is 85.8 cm³/mol. The van der Waals surface area contributed by atoms with Crippen LogP contribution in [0.3, 0.4) is 0 Å². The summed E-state index contributed by atoms with van der Waals surface area (Å²) in [5, 5.41) is 3.62. The van der Waals surface area contributed by atoms with Gasteiger partial charge in [0.1, 0.15) is 0 Å². The number of rotatable bonds is 3. The summed E-state index contributed by atoms with van der Waals surface area (Å²) in [4.78, 5) is 4.55. The van der Waals surface area contributed by atoms with Crippen molar-refractivity contribution in [3.8, 4) is 0 Å². The Balaban J connectivity index is 1.43. The molecule has 3 heteroatoms. The molecule has 4 saturated carbocycles. The Morgan fingerprint density at radius 2 is 1.62 bits per heavy atom. The first kappa shape index (κ1) is 13.2. The Morgan fingerprint density at radius 1 is 1.05 bits per heavy atom. The molecule has 5 rings (SSSR count). The van der Waals surface area contributed by atoms with Gasteiger partial charge in [0.05, 0.1) is 6.54 Å². The summed E-state index contributed by atoms with van der Waals surface area (Å²) >= 11 is 0. The van der Waals surface area contributed by atoms with Crippen LogP contribution in [0.5, 0.6) is 0 Å². The largest absolute Gasteiger partial charge is 0.370 e. The summed E-state index contributed by atoms with van der Waals surface area (Å²) in [5.41, 5.74) is 7.66. The molecule has 4 fully saturated rings. The fourth-order valence-corrected chi connectivity index (χ4v) is 5.33. The molecule has 0 heterocycles. The first-order valence-corrected chi connectivity index (χ1v) is 8.33. The average Bonchev–Trinajstić information content (AvgIpc) is 2.44. The lowest BCUT2D eigenvalue weighted by molar-refractivity contribution is -0.0102. The van der Waals surface area contributed by atoms with E-state index < -0.39 is 0 Å². The van der Waals surface area contributed by atoms with E-state index in [1.54, 1.807) is 0 Å². The van der Waals surface area contributed by atoms with E-state index in [1.807, 2.05) is 18.2 Å². The van der Waals surface area contributed by atoms with Crippen molar-refractivity contribution >= 4 is 5.96 Å². The Hall–Kier alpha value is -1.51. The maximum Gasteiger partial charge on any atom is 0.189 e. The number of nitrogens with two attached hydrogens (primary N) is 1. The highest BCUT2D eigenvalue weighted by Crippen LogP contribution is 2.55. The summed E-state index contributed by atoms with van der Waals surface area (Å²) in [5.74, 6) is 3.45. The highest BCUT2D eigenvalue weighted by atomic mass is 15.1. The standard InChI is InChI=1S/C18H25N3/c19-17(20-12-13-4-2-1-3-5-13)21-18-9-14-6-15(10-18)8-16(7-14)11-18/h1-5,14-16H,6-12H2,(H3,19,20,21). The molecule has 4 bridgehead atoms. The Morgan fingerprint density at radius 3 is 2.19 bits per heavy atom. The van der Waals surface area contributed by atoms with E-state index in [-0.39, 0.29) is 5.54 Å². The van der Waals surface area contributed by atoms with E-state index in [0.717, 1.165) is 17.8 Å². The average molecular weight is 283 g/mol. The van der Waals surface area contributed by atoms with Gasteiger partial charge in [-0.2, -0.15) is 0 Å². The Bertz CT molecular complexity index is 499. The van der Waals surface area contributed by atoms with Crippen LogP contribution in [0.2, 0.25) is 0 Å². The molecule has 0 aromatic heterocycles. The van der Waals surface area contributed by atoms with E-state index in [4.69, 9.17) is 5.73 Å². The summed E-state index contributed by atoms with van der Waals surface area (Å²) in [6.45, 7) is 0.673. The summed E-state index contributed by atoms with van der Waals surface area (Å²) in [6.07, 6.45) is 8.30. The smallest absolute Gasteiger partial charge is 0.189 e. The fraction of sp³-hybridized carbons (Fsp3) is 0.611. The lowest BCUT2D eigenvalue weighted by atomic mass is 9.53. The summed E-state index contributed by atoms with van der Waals surface area (Å²) < 4.78 is 0. The lowest BCUT2D eigenvalue weighted by Gasteiger charge is -2.57. The molecule has 0 unspecified atom stereocenters. The van der Waals surface area contributed by atoms with Crippen molar-refractivity contribution in [1.82, 2.24) is 5.32 Å². The molecule has 0 radical (unpaired) electrons. The molecule has 4 aliphatic carbocycles. The van der Waals surface area contributed by atoms with Crippen LogP contribution in [0, 0.1) is 17.8 Å². The molecule has 112 valence electrons. The minimum absolute atomic E-state index is 0.263. The fourth-order valence-electron chi connectivity index (χ4n) is 5.33. The van der Waals surface area contributed by atoms with Crippen LogP contribution in [0.15, 0.2) is 35.3 Å². The second-order valence-electron chi connectivity index (χ2n) is 7.51. The molecule has 0 amide bonds. The van der Waals surface area contributed by atoms with Crippen LogP contribution in [-0.2, 0) is 6.54 Å². The van der Waals surface area contributed by atoms with Crippen LogP contribution in [-0.4, -0.2) is 11.5 Å². The van der Waals surface area contributed by atoms with Crippen molar-refractivity contribution in [2.45, 2.75) is 50.6 Å². The zero-order valence-corrected chi connectivity index (χ0v) is 12.6. The van der Waals surface area contributed by atoms with Crippen molar-refractivity contribution < 1.29 is 0 Å². The molecule has 0 spiro atoms. The molecule has 4 aliphatic rings. The number of benzene rings is 1. The molecule has 0 atom stereocenters. The van der Waals surface area contributed by atoms with E-state index in [2.05, 4.69) is 22.4 Å². The Labute approximate surface area is 127 Å². The third-order valence-electron chi connectivity index (χ3n) is 5.71. The van der Waals surface area contributed by atoms with Crippen LogP contribution in [0.4, 0.5) is 0 Å². The van der Waals surface area contributed by atoms with Crippen LogP contribution >= 0.6 is 0 Å².